The van der Waals surface area contributed by atoms with Crippen molar-refractivity contribution in [1.82, 2.24) is 0 Å². The number of benzene rings is 1. The van der Waals surface area contributed by atoms with E-state index in [2.05, 4.69) is 0 Å². The number of nitro groups is 1. The van der Waals surface area contributed by atoms with Gasteiger partial charge in [-0.15, -0.1) is 0 Å². The number of nitro benzene ring substituents is 1. The summed E-state index contributed by atoms with van der Waals surface area (Å²) >= 11 is 0. The van der Waals surface area contributed by atoms with Crippen LogP contribution in [-0.4, -0.2) is 32.6 Å². The van der Waals surface area contributed by atoms with Crippen molar-refractivity contribution in [2.45, 2.75) is 6.92 Å². The van der Waals surface area contributed by atoms with E-state index in [0.29, 0.717) is 5.69 Å². The molecule has 0 saturated carbocycles. The van der Waals surface area contributed by atoms with Gasteiger partial charge in [0.05, 0.1) is 4.92 Å². The van der Waals surface area contributed by atoms with Gasteiger partial charge < -0.3 is 14.5 Å². The smallest absolute Gasteiger partial charge is 0.292 e. The first kappa shape index (κ1) is 17.2. The Bertz CT molecular complexity index is 364. The molecule has 94 valence electrons. The molecule has 1 aromatic carbocycles. The molecule has 0 aromatic heterocycles. The Morgan fingerprint density at radius 2 is 1.65 bits per heavy atom. The maximum Gasteiger partial charge on any atom is 0.292 e. The summed E-state index contributed by atoms with van der Waals surface area (Å²) in [6.07, 6.45) is 0. The molecular weight excluding hydrogens is 224 g/mol. The molecule has 0 radical (unpaired) electrons. The Morgan fingerprint density at radius 3 is 2.00 bits per heavy atom. The summed E-state index contributed by atoms with van der Waals surface area (Å²) in [4.78, 5) is 28.0. The number of rotatable bonds is 2. The van der Waals surface area contributed by atoms with Gasteiger partial charge in [-0.25, -0.2) is 0 Å². The van der Waals surface area contributed by atoms with Gasteiger partial charge >= 0.3 is 0 Å². The Balaban J connectivity index is 0. The summed E-state index contributed by atoms with van der Waals surface area (Å²) in [5.41, 5.74) is 1.69. The van der Waals surface area contributed by atoms with E-state index in [-0.39, 0.29) is 10.6 Å². The predicted octanol–water partition coefficient (Wildman–Crippen LogP) is 1.60. The summed E-state index contributed by atoms with van der Waals surface area (Å²) < 4.78 is 0. The Labute approximate surface area is 100 Å². The van der Waals surface area contributed by atoms with Crippen LogP contribution in [-0.2, 0) is 9.59 Å². The summed E-state index contributed by atoms with van der Waals surface area (Å²) in [6.45, 7) is 5.84. The lowest BCUT2D eigenvalue weighted by Crippen LogP contribution is -2.10. The summed E-state index contributed by atoms with van der Waals surface area (Å²) in [7, 11) is 3.58. The average Bonchev–Trinajstić information content (AvgIpc) is 2.33. The van der Waals surface area contributed by atoms with Crippen molar-refractivity contribution in [2.75, 3.05) is 19.0 Å². The van der Waals surface area contributed by atoms with Crippen molar-refractivity contribution < 1.29 is 14.5 Å². The molecule has 0 unspecified atom stereocenters. The zero-order valence-corrected chi connectivity index (χ0v) is 10.2. The Morgan fingerprint density at radius 1 is 1.18 bits per heavy atom. The van der Waals surface area contributed by atoms with Crippen molar-refractivity contribution in [3.8, 4) is 0 Å². The molecule has 0 atom stereocenters. The topological polar surface area (TPSA) is 80.5 Å². The third-order valence-electron chi connectivity index (χ3n) is 1.81. The molecule has 0 aliphatic carbocycles. The molecule has 0 saturated heterocycles. The van der Waals surface area contributed by atoms with Crippen LogP contribution < -0.4 is 4.90 Å². The van der Waals surface area contributed by atoms with Gasteiger partial charge in [0.1, 0.15) is 19.3 Å². The van der Waals surface area contributed by atoms with Crippen molar-refractivity contribution in [2.24, 2.45) is 0 Å². The molecule has 1 aromatic rings. The standard InChI is InChI=1S/C9H12N2O2.2CH2O/c1-7-4-5-8(10(2)3)9(6-7)11(12)13;2*1-2/h4-6H,1-3H3;2*1H2. The number of hydrogen-bond acceptors (Lipinski definition) is 5. The SMILES string of the molecule is C=O.C=O.Cc1ccc(N(C)C)c([N+](=O)[O-])c1. The lowest BCUT2D eigenvalue weighted by atomic mass is 10.2. The third-order valence-corrected chi connectivity index (χ3v) is 1.81. The van der Waals surface area contributed by atoms with E-state index in [1.165, 1.54) is 0 Å². The van der Waals surface area contributed by atoms with Crippen LogP contribution >= 0.6 is 0 Å². The van der Waals surface area contributed by atoms with E-state index < -0.39 is 0 Å². The molecule has 0 aliphatic rings. The molecule has 0 heterocycles. The molecule has 0 spiro atoms. The van der Waals surface area contributed by atoms with Crippen LogP contribution in [0.1, 0.15) is 5.56 Å². The van der Waals surface area contributed by atoms with E-state index in [9.17, 15) is 10.1 Å². The van der Waals surface area contributed by atoms with Crippen LogP contribution in [0.15, 0.2) is 18.2 Å². The minimum Gasteiger partial charge on any atom is -0.372 e. The fraction of sp³-hybridized carbons (Fsp3) is 0.273. The van der Waals surface area contributed by atoms with Gasteiger partial charge in [-0.05, 0) is 18.6 Å². The third kappa shape index (κ3) is 5.41. The van der Waals surface area contributed by atoms with Crippen LogP contribution in [0.25, 0.3) is 0 Å². The predicted molar refractivity (Wildman–Crippen MR) is 66.4 cm³/mol. The van der Waals surface area contributed by atoms with Crippen LogP contribution in [0.2, 0.25) is 0 Å². The highest BCUT2D eigenvalue weighted by atomic mass is 16.6. The lowest BCUT2D eigenvalue weighted by molar-refractivity contribution is -0.384. The zero-order chi connectivity index (χ0) is 14.0. The highest BCUT2D eigenvalue weighted by Crippen LogP contribution is 2.27. The van der Waals surface area contributed by atoms with Gasteiger partial charge in [-0.1, -0.05) is 6.07 Å². The fourth-order valence-corrected chi connectivity index (χ4v) is 1.16. The maximum atomic E-state index is 10.7. The van der Waals surface area contributed by atoms with E-state index in [4.69, 9.17) is 9.59 Å². The minimum absolute atomic E-state index is 0.157. The van der Waals surface area contributed by atoms with Gasteiger partial charge in [0.2, 0.25) is 0 Å². The first-order chi connectivity index (χ1) is 8.02. The molecule has 17 heavy (non-hydrogen) atoms. The quantitative estimate of drug-likeness (QED) is 0.579. The second kappa shape index (κ2) is 9.02. The van der Waals surface area contributed by atoms with Crippen molar-refractivity contribution in [3.63, 3.8) is 0 Å². The van der Waals surface area contributed by atoms with Gasteiger partial charge in [-0.3, -0.25) is 10.1 Å². The number of carbonyl (C=O) groups excluding carboxylic acids is 2. The molecule has 0 amide bonds. The number of hydrogen-bond donors (Lipinski definition) is 0. The van der Waals surface area contributed by atoms with Gasteiger partial charge in [0.25, 0.3) is 5.69 Å². The fourth-order valence-electron chi connectivity index (χ4n) is 1.16. The average molecular weight is 240 g/mol. The number of carbonyl (C=O) groups is 2. The minimum atomic E-state index is -0.359. The summed E-state index contributed by atoms with van der Waals surface area (Å²) in [5.74, 6) is 0. The van der Waals surface area contributed by atoms with Gasteiger partial charge in [0, 0.05) is 20.2 Å². The van der Waals surface area contributed by atoms with Gasteiger partial charge in [-0.2, -0.15) is 0 Å². The summed E-state index contributed by atoms with van der Waals surface area (Å²) in [5, 5.41) is 10.7. The van der Waals surface area contributed by atoms with Crippen molar-refractivity contribution in [1.29, 1.82) is 0 Å². The van der Waals surface area contributed by atoms with Crippen LogP contribution in [0, 0.1) is 17.0 Å². The molecule has 6 heteroatoms. The second-order valence-corrected chi connectivity index (χ2v) is 3.14. The van der Waals surface area contributed by atoms with E-state index in [1.54, 1.807) is 31.1 Å². The second-order valence-electron chi connectivity index (χ2n) is 3.14. The molecular formula is C11H16N2O4. The van der Waals surface area contributed by atoms with E-state index in [1.807, 2.05) is 26.6 Å². The van der Waals surface area contributed by atoms with E-state index >= 15 is 0 Å². The highest BCUT2D eigenvalue weighted by molar-refractivity contribution is 5.63. The zero-order valence-electron chi connectivity index (χ0n) is 10.2. The molecule has 1 rings (SSSR count). The lowest BCUT2D eigenvalue weighted by Gasteiger charge is -2.12. The van der Waals surface area contributed by atoms with Crippen molar-refractivity contribution in [3.05, 3.63) is 33.9 Å². The van der Waals surface area contributed by atoms with E-state index in [0.717, 1.165) is 5.56 Å². The summed E-state index contributed by atoms with van der Waals surface area (Å²) in [6, 6.07) is 5.20. The first-order valence-electron chi connectivity index (χ1n) is 4.52. The number of anilines is 1. The molecule has 0 fully saturated rings. The maximum absolute atomic E-state index is 10.7. The first-order valence-corrected chi connectivity index (χ1v) is 4.52. The van der Waals surface area contributed by atoms with Crippen LogP contribution in [0.3, 0.4) is 0 Å². The van der Waals surface area contributed by atoms with Gasteiger partial charge in [0.15, 0.2) is 0 Å². The monoisotopic (exact) mass is 240 g/mol. The molecule has 0 bridgehead atoms. The largest absolute Gasteiger partial charge is 0.372 e. The Kier molecular flexibility index (Phi) is 9.11. The number of nitrogens with zero attached hydrogens (tertiary/aromatic N) is 2. The van der Waals surface area contributed by atoms with Crippen molar-refractivity contribution >= 4 is 25.0 Å². The van der Waals surface area contributed by atoms with Crippen LogP contribution in [0.4, 0.5) is 11.4 Å². The molecule has 0 N–H and O–H groups in total. The normalized spacial score (nSPS) is 7.94. The molecule has 0 aliphatic heterocycles. The number of aryl methyl sites for hydroxylation is 1. The Hall–Kier alpha value is -2.24. The van der Waals surface area contributed by atoms with Crippen LogP contribution in [0.5, 0.6) is 0 Å². The molecule has 6 nitrogen and oxygen atoms in total. The highest BCUT2D eigenvalue weighted by Gasteiger charge is 2.14.